The molecule has 0 amide bonds. The van der Waals surface area contributed by atoms with Crippen LogP contribution in [0.1, 0.15) is 18.5 Å². The van der Waals surface area contributed by atoms with Gasteiger partial charge in [-0.2, -0.15) is 0 Å². The second-order valence-corrected chi connectivity index (χ2v) is 6.47. The topological polar surface area (TPSA) is 106 Å². The Morgan fingerprint density at radius 3 is 2.92 bits per heavy atom. The zero-order valence-corrected chi connectivity index (χ0v) is 14.5. The van der Waals surface area contributed by atoms with Crippen LogP contribution >= 0.6 is 11.6 Å². The van der Waals surface area contributed by atoms with E-state index in [1.807, 2.05) is 6.92 Å². The number of hydrogen-bond donors (Lipinski definition) is 2. The Labute approximate surface area is 149 Å². The Morgan fingerprint density at radius 1 is 1.32 bits per heavy atom. The molecule has 130 valence electrons. The molecule has 0 aliphatic carbocycles. The fourth-order valence-corrected chi connectivity index (χ4v) is 2.98. The molecular formula is C16H18ClN7O. The van der Waals surface area contributed by atoms with E-state index < -0.39 is 0 Å². The highest BCUT2D eigenvalue weighted by Gasteiger charge is 2.20. The van der Waals surface area contributed by atoms with Gasteiger partial charge in [-0.25, -0.2) is 9.97 Å². The second kappa shape index (κ2) is 6.45. The zero-order chi connectivity index (χ0) is 17.4. The normalized spacial score (nSPS) is 15.7. The largest absolute Gasteiger partial charge is 0.434 e. The van der Waals surface area contributed by atoms with E-state index in [1.165, 1.54) is 0 Å². The predicted molar refractivity (Wildman–Crippen MR) is 95.2 cm³/mol. The standard InChI is InChI=1S/C16H18ClN7O/c1-9-13(17)11(2-5-19-9)25-16-14-15(22-23-16)21-12(8-20-14)24-6-3-10(18)4-7-24/h2,5,8,10H,3-4,6-7,18H2,1H3,(H,21,22,23). The SMILES string of the molecule is Cc1nccc(Oc2n[nH]c3nc(N4CCC(N)CC4)cnc23)c1Cl. The number of piperidine rings is 1. The van der Waals surface area contributed by atoms with Gasteiger partial charge in [0.15, 0.2) is 16.9 Å². The monoisotopic (exact) mass is 359 g/mol. The lowest BCUT2D eigenvalue weighted by Crippen LogP contribution is -2.40. The molecule has 0 bridgehead atoms. The van der Waals surface area contributed by atoms with Gasteiger partial charge in [-0.05, 0) is 19.8 Å². The van der Waals surface area contributed by atoms with Crippen molar-refractivity contribution in [2.45, 2.75) is 25.8 Å². The van der Waals surface area contributed by atoms with E-state index in [4.69, 9.17) is 22.1 Å². The van der Waals surface area contributed by atoms with Crippen LogP contribution in [0.3, 0.4) is 0 Å². The van der Waals surface area contributed by atoms with Gasteiger partial charge in [-0.3, -0.25) is 10.1 Å². The number of anilines is 1. The molecule has 4 rings (SSSR count). The molecule has 0 spiro atoms. The molecule has 0 radical (unpaired) electrons. The fraction of sp³-hybridized carbons (Fsp3) is 0.375. The summed E-state index contributed by atoms with van der Waals surface area (Å²) in [4.78, 5) is 15.4. The van der Waals surface area contributed by atoms with Crippen LogP contribution in [0, 0.1) is 6.92 Å². The van der Waals surface area contributed by atoms with Gasteiger partial charge in [-0.1, -0.05) is 11.6 Å². The molecule has 1 saturated heterocycles. The third-order valence-corrected chi connectivity index (χ3v) is 4.78. The highest BCUT2D eigenvalue weighted by Crippen LogP contribution is 2.32. The number of nitrogens with one attached hydrogen (secondary N) is 1. The Hall–Kier alpha value is -2.45. The summed E-state index contributed by atoms with van der Waals surface area (Å²) >= 11 is 6.22. The zero-order valence-electron chi connectivity index (χ0n) is 13.7. The van der Waals surface area contributed by atoms with Crippen molar-refractivity contribution in [2.75, 3.05) is 18.0 Å². The van der Waals surface area contributed by atoms with Crippen molar-refractivity contribution in [3.05, 3.63) is 29.2 Å². The third kappa shape index (κ3) is 3.10. The van der Waals surface area contributed by atoms with Crippen LogP contribution < -0.4 is 15.4 Å². The average molecular weight is 360 g/mol. The number of aromatic nitrogens is 5. The summed E-state index contributed by atoms with van der Waals surface area (Å²) in [5.74, 6) is 1.63. The number of hydrogen-bond acceptors (Lipinski definition) is 7. The Morgan fingerprint density at radius 2 is 2.12 bits per heavy atom. The van der Waals surface area contributed by atoms with Crippen LogP contribution in [0.25, 0.3) is 11.2 Å². The van der Waals surface area contributed by atoms with Gasteiger partial charge in [0.1, 0.15) is 10.8 Å². The molecule has 1 aliphatic heterocycles. The lowest BCUT2D eigenvalue weighted by Gasteiger charge is -2.30. The maximum Gasteiger partial charge on any atom is 0.266 e. The minimum atomic E-state index is 0.272. The average Bonchev–Trinajstić information content (AvgIpc) is 3.02. The van der Waals surface area contributed by atoms with E-state index in [2.05, 4.69) is 30.0 Å². The molecule has 0 atom stereocenters. The molecule has 1 aliphatic rings. The molecular weight excluding hydrogens is 342 g/mol. The predicted octanol–water partition coefficient (Wildman–Crippen LogP) is 2.43. The molecule has 0 saturated carbocycles. The first-order valence-corrected chi connectivity index (χ1v) is 8.50. The molecule has 3 aromatic rings. The molecule has 25 heavy (non-hydrogen) atoms. The summed E-state index contributed by atoms with van der Waals surface area (Å²) in [5.41, 5.74) is 7.78. The van der Waals surface area contributed by atoms with Crippen molar-refractivity contribution < 1.29 is 4.74 Å². The summed E-state index contributed by atoms with van der Waals surface area (Å²) in [5, 5.41) is 7.49. The summed E-state index contributed by atoms with van der Waals surface area (Å²) < 4.78 is 5.80. The maximum absolute atomic E-state index is 6.22. The van der Waals surface area contributed by atoms with Gasteiger partial charge in [0, 0.05) is 31.4 Å². The number of pyridine rings is 1. The van der Waals surface area contributed by atoms with E-state index >= 15 is 0 Å². The van der Waals surface area contributed by atoms with Crippen LogP contribution in [0.15, 0.2) is 18.5 Å². The first-order chi connectivity index (χ1) is 12.1. The summed E-state index contributed by atoms with van der Waals surface area (Å²) in [6.45, 7) is 3.57. The third-order valence-electron chi connectivity index (χ3n) is 4.32. The van der Waals surface area contributed by atoms with E-state index in [1.54, 1.807) is 18.5 Å². The number of rotatable bonds is 3. The first-order valence-electron chi connectivity index (χ1n) is 8.12. The van der Waals surface area contributed by atoms with Gasteiger partial charge in [0.05, 0.1) is 11.9 Å². The highest BCUT2D eigenvalue weighted by atomic mass is 35.5. The van der Waals surface area contributed by atoms with Crippen molar-refractivity contribution >= 4 is 28.6 Å². The number of ether oxygens (including phenoxy) is 1. The van der Waals surface area contributed by atoms with Crippen LogP contribution in [-0.4, -0.2) is 44.3 Å². The van der Waals surface area contributed by atoms with Crippen molar-refractivity contribution in [1.29, 1.82) is 0 Å². The van der Waals surface area contributed by atoms with Gasteiger partial charge < -0.3 is 15.4 Å². The van der Waals surface area contributed by atoms with Crippen molar-refractivity contribution in [1.82, 2.24) is 25.1 Å². The Balaban J connectivity index is 1.61. The van der Waals surface area contributed by atoms with Gasteiger partial charge >= 0.3 is 0 Å². The number of halogens is 1. The van der Waals surface area contributed by atoms with E-state index in [0.717, 1.165) is 31.7 Å². The molecule has 8 nitrogen and oxygen atoms in total. The highest BCUT2D eigenvalue weighted by molar-refractivity contribution is 6.32. The number of nitrogens with zero attached hydrogens (tertiary/aromatic N) is 5. The number of aromatic amines is 1. The smallest absolute Gasteiger partial charge is 0.266 e. The number of fused-ring (bicyclic) bond motifs is 1. The molecule has 0 unspecified atom stereocenters. The Bertz CT molecular complexity index is 905. The van der Waals surface area contributed by atoms with Crippen LogP contribution in [-0.2, 0) is 0 Å². The number of aryl methyl sites for hydroxylation is 1. The number of H-pyrrole nitrogens is 1. The van der Waals surface area contributed by atoms with Crippen molar-refractivity contribution in [3.8, 4) is 11.6 Å². The summed E-state index contributed by atoms with van der Waals surface area (Å²) in [6.07, 6.45) is 5.28. The Kier molecular flexibility index (Phi) is 4.14. The quantitative estimate of drug-likeness (QED) is 0.739. The van der Waals surface area contributed by atoms with E-state index in [0.29, 0.717) is 33.5 Å². The molecule has 4 heterocycles. The summed E-state index contributed by atoms with van der Waals surface area (Å²) in [6, 6.07) is 1.96. The van der Waals surface area contributed by atoms with Crippen molar-refractivity contribution in [2.24, 2.45) is 5.73 Å². The summed E-state index contributed by atoms with van der Waals surface area (Å²) in [7, 11) is 0. The molecule has 3 aromatic heterocycles. The van der Waals surface area contributed by atoms with Crippen molar-refractivity contribution in [3.63, 3.8) is 0 Å². The van der Waals surface area contributed by atoms with Gasteiger partial charge in [-0.15, -0.1) is 5.10 Å². The van der Waals surface area contributed by atoms with Crippen LogP contribution in [0.5, 0.6) is 11.6 Å². The molecule has 0 aromatic carbocycles. The van der Waals surface area contributed by atoms with E-state index in [9.17, 15) is 0 Å². The maximum atomic E-state index is 6.22. The van der Waals surface area contributed by atoms with Gasteiger partial charge in [0.25, 0.3) is 5.88 Å². The second-order valence-electron chi connectivity index (χ2n) is 6.09. The minimum Gasteiger partial charge on any atom is -0.434 e. The lowest BCUT2D eigenvalue weighted by atomic mass is 10.1. The van der Waals surface area contributed by atoms with Crippen LogP contribution in [0.4, 0.5) is 5.82 Å². The molecule has 1 fully saturated rings. The first kappa shape index (κ1) is 16.0. The van der Waals surface area contributed by atoms with E-state index in [-0.39, 0.29) is 6.04 Å². The molecule has 3 N–H and O–H groups in total. The number of nitrogens with two attached hydrogens (primary N) is 1. The lowest BCUT2D eigenvalue weighted by molar-refractivity contribution is 0.464. The molecule has 9 heteroatoms. The minimum absolute atomic E-state index is 0.272. The van der Waals surface area contributed by atoms with Crippen LogP contribution in [0.2, 0.25) is 5.02 Å². The van der Waals surface area contributed by atoms with Gasteiger partial charge in [0.2, 0.25) is 0 Å². The fourth-order valence-electron chi connectivity index (χ4n) is 2.83.